The van der Waals surface area contributed by atoms with E-state index in [1.165, 1.54) is 122 Å². The first-order valence-corrected chi connectivity index (χ1v) is 25.7. The molecule has 1 heterocycles. The van der Waals surface area contributed by atoms with E-state index in [1.54, 1.807) is 0 Å². The molecule has 0 N–H and O–H groups in total. The number of aryl methyl sites for hydroxylation is 1. The quantitative estimate of drug-likeness (QED) is 0.161. The van der Waals surface area contributed by atoms with Crippen LogP contribution in [0.1, 0.15) is 52.8 Å². The summed E-state index contributed by atoms with van der Waals surface area (Å²) in [4.78, 5) is 2.41. The summed E-state index contributed by atoms with van der Waals surface area (Å²) >= 11 is 0. The van der Waals surface area contributed by atoms with Crippen molar-refractivity contribution < 1.29 is 0 Å². The second-order valence-corrected chi connectivity index (χ2v) is 20.9. The van der Waals surface area contributed by atoms with E-state index in [-0.39, 0.29) is 5.41 Å². The highest BCUT2D eigenvalue weighted by Gasteiger charge is 2.51. The van der Waals surface area contributed by atoms with Gasteiger partial charge in [0.25, 0.3) is 0 Å². The lowest BCUT2D eigenvalue weighted by Gasteiger charge is -2.31. The molecule has 0 unspecified atom stereocenters. The zero-order valence-electron chi connectivity index (χ0n) is 41.1. The molecule has 3 aliphatic carbocycles. The molecule has 11 aromatic carbocycles. The molecular weight excluding hydrogens is 881 g/mol. The van der Waals surface area contributed by atoms with Crippen molar-refractivity contribution in [1.82, 2.24) is 4.57 Å². The molecule has 2 nitrogen and oxygen atoms in total. The number of fused-ring (bicyclic) bond motifs is 16. The summed E-state index contributed by atoms with van der Waals surface area (Å²) in [7, 11) is 0. The van der Waals surface area contributed by atoms with Crippen LogP contribution in [0.25, 0.3) is 83.1 Å². The summed E-state index contributed by atoms with van der Waals surface area (Å²) in [5.41, 5.74) is 28.6. The van der Waals surface area contributed by atoms with Crippen molar-refractivity contribution in [1.29, 1.82) is 0 Å². The van der Waals surface area contributed by atoms with Gasteiger partial charge in [0.1, 0.15) is 0 Å². The number of hydrogen-bond acceptors (Lipinski definition) is 1. The molecule has 0 aliphatic heterocycles. The molecule has 0 fully saturated rings. The van der Waals surface area contributed by atoms with Crippen molar-refractivity contribution in [2.75, 3.05) is 4.90 Å². The molecule has 0 atom stereocenters. The SMILES string of the molecule is Cc1ccc2c(c1)C1(c3ccccc3-c3ccccc31)c1cc(-n3c4ccccc4c4cc(-c5ccc(N(c6ccc(-c7ccccc7)cc6)c6ccc7c(c6)C(C)(C)c6ccccc6-7)cc5)ccc43)ccc1-2. The van der Waals surface area contributed by atoms with Gasteiger partial charge in [0, 0.05) is 38.9 Å². The van der Waals surface area contributed by atoms with E-state index in [2.05, 4.69) is 279 Å². The maximum atomic E-state index is 2.50. The maximum absolute atomic E-state index is 2.50. The lowest BCUT2D eigenvalue weighted by Crippen LogP contribution is -2.26. The van der Waals surface area contributed by atoms with E-state index in [4.69, 9.17) is 0 Å². The van der Waals surface area contributed by atoms with Gasteiger partial charge >= 0.3 is 0 Å². The third-order valence-corrected chi connectivity index (χ3v) is 16.7. The summed E-state index contributed by atoms with van der Waals surface area (Å²) in [5, 5.41) is 2.48. The maximum Gasteiger partial charge on any atom is 0.0726 e. The fourth-order valence-electron chi connectivity index (χ4n) is 13.3. The number of aromatic nitrogens is 1. The topological polar surface area (TPSA) is 8.17 Å². The van der Waals surface area contributed by atoms with Crippen molar-refractivity contribution in [3.63, 3.8) is 0 Å². The van der Waals surface area contributed by atoms with E-state index >= 15 is 0 Å². The molecule has 0 bridgehead atoms. The average molecular weight is 931 g/mol. The molecule has 1 aromatic heterocycles. The standard InChI is InChI=1S/C71H50N2/c1-45-25-37-58-59-39-36-53(44-67(59)71(66(58)41-45)63-22-12-8-18-55(63)56-19-9-13-23-64(56)71)73-68-24-14-10-20-60(68)61-42-49(30-40-69(61)73)48-28-33-51(34-29-48)72(50-31-26-47(27-32-50)46-15-5-4-6-16-46)52-35-38-57-54-17-7-11-21-62(54)70(2,3)65(57)43-52/h4-44H,1-3H3. The van der Waals surface area contributed by atoms with Crippen LogP contribution in [0.3, 0.4) is 0 Å². The smallest absolute Gasteiger partial charge is 0.0726 e. The van der Waals surface area contributed by atoms with Gasteiger partial charge in [0.05, 0.1) is 16.4 Å². The number of para-hydroxylation sites is 1. The van der Waals surface area contributed by atoms with Crippen molar-refractivity contribution >= 4 is 38.9 Å². The van der Waals surface area contributed by atoms with Gasteiger partial charge in [0.15, 0.2) is 0 Å². The molecule has 3 aliphatic rings. The average Bonchev–Trinajstić information content (AvgIpc) is 4.11. The summed E-state index contributed by atoms with van der Waals surface area (Å²) in [6.07, 6.45) is 0. The molecule has 344 valence electrons. The summed E-state index contributed by atoms with van der Waals surface area (Å²) in [5.74, 6) is 0. The Labute approximate surface area is 426 Å². The third kappa shape index (κ3) is 5.92. The number of hydrogen-bond donors (Lipinski definition) is 0. The molecular formula is C71H50N2. The zero-order valence-corrected chi connectivity index (χ0v) is 41.1. The fourth-order valence-corrected chi connectivity index (χ4v) is 13.3. The van der Waals surface area contributed by atoms with Crippen LogP contribution in [0.5, 0.6) is 0 Å². The molecule has 0 radical (unpaired) electrons. The summed E-state index contributed by atoms with van der Waals surface area (Å²) < 4.78 is 2.49. The first-order valence-electron chi connectivity index (χ1n) is 25.7. The van der Waals surface area contributed by atoms with Crippen molar-refractivity contribution in [2.24, 2.45) is 0 Å². The predicted molar refractivity (Wildman–Crippen MR) is 305 cm³/mol. The van der Waals surface area contributed by atoms with E-state index < -0.39 is 5.41 Å². The Morgan fingerprint density at radius 3 is 1.49 bits per heavy atom. The number of benzene rings is 11. The van der Waals surface area contributed by atoms with Gasteiger partial charge in [-0.25, -0.2) is 0 Å². The lowest BCUT2D eigenvalue weighted by molar-refractivity contribution is 0.660. The van der Waals surface area contributed by atoms with E-state index in [9.17, 15) is 0 Å². The molecule has 0 amide bonds. The van der Waals surface area contributed by atoms with Gasteiger partial charge in [0.2, 0.25) is 0 Å². The van der Waals surface area contributed by atoms with Crippen molar-refractivity contribution in [2.45, 2.75) is 31.6 Å². The minimum Gasteiger partial charge on any atom is -0.310 e. The van der Waals surface area contributed by atoms with Gasteiger partial charge < -0.3 is 9.47 Å². The van der Waals surface area contributed by atoms with Gasteiger partial charge in [-0.15, -0.1) is 0 Å². The van der Waals surface area contributed by atoms with Crippen LogP contribution in [0.4, 0.5) is 17.1 Å². The summed E-state index contributed by atoms with van der Waals surface area (Å²) in [6, 6.07) is 93.2. The van der Waals surface area contributed by atoms with Crippen molar-refractivity contribution in [3.8, 4) is 61.3 Å². The second-order valence-electron chi connectivity index (χ2n) is 20.9. The highest BCUT2D eigenvalue weighted by Crippen LogP contribution is 2.63. The number of anilines is 3. The van der Waals surface area contributed by atoms with Crippen molar-refractivity contribution in [3.05, 3.63) is 288 Å². The highest BCUT2D eigenvalue weighted by atomic mass is 15.1. The van der Waals surface area contributed by atoms with Crippen LogP contribution in [0.15, 0.2) is 249 Å². The lowest BCUT2D eigenvalue weighted by atomic mass is 9.70. The Kier molecular flexibility index (Phi) is 8.87. The van der Waals surface area contributed by atoms with Gasteiger partial charge in [-0.3, -0.25) is 0 Å². The van der Waals surface area contributed by atoms with Gasteiger partial charge in [-0.2, -0.15) is 0 Å². The molecule has 0 saturated heterocycles. The minimum atomic E-state index is -0.415. The Bertz CT molecular complexity index is 4180. The Morgan fingerprint density at radius 1 is 0.315 bits per heavy atom. The molecule has 0 saturated carbocycles. The molecule has 15 rings (SSSR count). The molecule has 1 spiro atoms. The summed E-state index contributed by atoms with van der Waals surface area (Å²) in [6.45, 7) is 6.95. The van der Waals surface area contributed by atoms with Gasteiger partial charge in [-0.05, 0) is 163 Å². The minimum absolute atomic E-state index is 0.113. The Balaban J connectivity index is 0.841. The number of rotatable bonds is 6. The predicted octanol–water partition coefficient (Wildman–Crippen LogP) is 18.5. The van der Waals surface area contributed by atoms with Crippen LogP contribution < -0.4 is 4.90 Å². The second kappa shape index (κ2) is 15.5. The highest BCUT2D eigenvalue weighted by molar-refractivity contribution is 6.11. The first-order chi connectivity index (χ1) is 35.9. The first kappa shape index (κ1) is 41.8. The molecule has 12 aromatic rings. The molecule has 2 heteroatoms. The Hall–Kier alpha value is -8.98. The largest absolute Gasteiger partial charge is 0.310 e. The van der Waals surface area contributed by atoms with E-state index in [0.29, 0.717) is 0 Å². The third-order valence-electron chi connectivity index (χ3n) is 16.7. The van der Waals surface area contributed by atoms with Crippen LogP contribution in [-0.2, 0) is 10.8 Å². The normalized spacial score (nSPS) is 13.9. The van der Waals surface area contributed by atoms with Crippen LogP contribution in [0, 0.1) is 6.92 Å². The number of nitrogens with zero attached hydrogens (tertiary/aromatic N) is 2. The zero-order chi connectivity index (χ0) is 48.6. The Morgan fingerprint density at radius 2 is 0.795 bits per heavy atom. The molecule has 73 heavy (non-hydrogen) atoms. The monoisotopic (exact) mass is 930 g/mol. The van der Waals surface area contributed by atoms with Crippen LogP contribution in [0.2, 0.25) is 0 Å². The van der Waals surface area contributed by atoms with E-state index in [0.717, 1.165) is 17.1 Å². The van der Waals surface area contributed by atoms with Gasteiger partial charge in [-0.1, -0.05) is 201 Å². The van der Waals surface area contributed by atoms with Crippen LogP contribution in [-0.4, -0.2) is 4.57 Å². The van der Waals surface area contributed by atoms with E-state index in [1.807, 2.05) is 0 Å². The van der Waals surface area contributed by atoms with Crippen LogP contribution >= 0.6 is 0 Å². The fraction of sp³-hybridized carbons (Fsp3) is 0.0704.